The van der Waals surface area contributed by atoms with Crippen molar-refractivity contribution in [1.82, 2.24) is 15.0 Å². The van der Waals surface area contributed by atoms with Crippen molar-refractivity contribution in [2.45, 2.75) is 71.4 Å². The number of anilines is 1. The molecule has 0 spiro atoms. The molecule has 1 saturated carbocycles. The molecule has 1 aliphatic rings. The summed E-state index contributed by atoms with van der Waals surface area (Å²) in [4.78, 5) is 13.5. The fraction of sp³-hybridized carbons (Fsp3) is 0.565. The lowest BCUT2D eigenvalue weighted by atomic mass is 9.73. The molecule has 0 unspecified atom stereocenters. The Labute approximate surface area is 178 Å². The van der Waals surface area contributed by atoms with E-state index in [9.17, 15) is 10.4 Å². The molecule has 1 aliphatic carbocycles. The molecule has 7 heteroatoms. The van der Waals surface area contributed by atoms with E-state index in [1.54, 1.807) is 6.20 Å². The highest BCUT2D eigenvalue weighted by Gasteiger charge is 2.35. The summed E-state index contributed by atoms with van der Waals surface area (Å²) in [5.74, 6) is 1.96. The van der Waals surface area contributed by atoms with Gasteiger partial charge in [-0.05, 0) is 50.5 Å². The van der Waals surface area contributed by atoms with E-state index in [1.807, 2.05) is 25.1 Å². The molecule has 160 valence electrons. The lowest BCUT2D eigenvalue weighted by molar-refractivity contribution is 0.00926. The monoisotopic (exact) mass is 409 g/mol. The molecule has 2 heterocycles. The predicted molar refractivity (Wildman–Crippen MR) is 115 cm³/mol. The summed E-state index contributed by atoms with van der Waals surface area (Å²) >= 11 is 0. The molecule has 2 aromatic rings. The molecule has 2 atom stereocenters. The van der Waals surface area contributed by atoms with Gasteiger partial charge < -0.3 is 15.2 Å². The minimum atomic E-state index is -0.290. The van der Waals surface area contributed by atoms with Crippen LogP contribution in [-0.4, -0.2) is 38.8 Å². The molecule has 3 rings (SSSR count). The zero-order valence-electron chi connectivity index (χ0n) is 18.1. The van der Waals surface area contributed by atoms with Gasteiger partial charge in [-0.3, -0.25) is 0 Å². The molecule has 2 aromatic heterocycles. The molecule has 1 fully saturated rings. The van der Waals surface area contributed by atoms with Crippen molar-refractivity contribution in [3.63, 3.8) is 0 Å². The Balaban J connectivity index is 1.62. The third-order valence-electron chi connectivity index (χ3n) is 5.67. The van der Waals surface area contributed by atoms with Crippen molar-refractivity contribution in [1.29, 1.82) is 5.26 Å². The minimum Gasteiger partial charge on any atom is -0.478 e. The van der Waals surface area contributed by atoms with Crippen LogP contribution in [0.2, 0.25) is 0 Å². The van der Waals surface area contributed by atoms with E-state index in [-0.39, 0.29) is 17.6 Å². The van der Waals surface area contributed by atoms with Gasteiger partial charge in [0, 0.05) is 24.2 Å². The first-order valence-electron chi connectivity index (χ1n) is 10.7. The van der Waals surface area contributed by atoms with Crippen LogP contribution in [0, 0.1) is 16.7 Å². The van der Waals surface area contributed by atoms with Crippen molar-refractivity contribution in [3.05, 3.63) is 41.5 Å². The summed E-state index contributed by atoms with van der Waals surface area (Å²) in [6.45, 7) is 6.70. The quantitative estimate of drug-likeness (QED) is 0.685. The molecule has 7 nitrogen and oxygen atoms in total. The van der Waals surface area contributed by atoms with Gasteiger partial charge in [-0.1, -0.05) is 19.9 Å². The summed E-state index contributed by atoms with van der Waals surface area (Å²) in [5.41, 5.74) is 1.28. The summed E-state index contributed by atoms with van der Waals surface area (Å²) in [6, 6.07) is 8.18. The number of rotatable bonds is 8. The van der Waals surface area contributed by atoms with E-state index in [1.165, 1.54) is 0 Å². The van der Waals surface area contributed by atoms with E-state index in [0.717, 1.165) is 37.8 Å². The Kier molecular flexibility index (Phi) is 7.22. The van der Waals surface area contributed by atoms with Crippen molar-refractivity contribution < 1.29 is 9.84 Å². The van der Waals surface area contributed by atoms with Crippen LogP contribution in [0.1, 0.15) is 63.5 Å². The van der Waals surface area contributed by atoms with Gasteiger partial charge >= 0.3 is 0 Å². The lowest BCUT2D eigenvalue weighted by Crippen LogP contribution is -2.41. The van der Waals surface area contributed by atoms with Crippen molar-refractivity contribution in [2.24, 2.45) is 5.41 Å². The maximum Gasteiger partial charge on any atom is 0.213 e. The van der Waals surface area contributed by atoms with E-state index < -0.39 is 0 Å². The van der Waals surface area contributed by atoms with Gasteiger partial charge in [0.2, 0.25) is 5.88 Å². The maximum absolute atomic E-state index is 10.2. The number of ether oxygens (including phenoxy) is 1. The standard InChI is InChI=1S/C23H31N5O2/c1-4-30-21-10-6-8-17(26-21)7-5-9-20-25-15-16(14-24)22(28-20)27-18-11-12-19(29)23(2,3)13-18/h6,8,10,15,18-19,29H,4-5,7,9,11-13H2,1-3H3,(H,25,27,28)/t18-,19+/m1/s1. The van der Waals surface area contributed by atoms with Crippen LogP contribution in [0.4, 0.5) is 5.82 Å². The number of aromatic nitrogens is 3. The number of aliphatic hydroxyl groups excluding tert-OH is 1. The smallest absolute Gasteiger partial charge is 0.213 e. The van der Waals surface area contributed by atoms with Gasteiger partial charge in [-0.2, -0.15) is 5.26 Å². The minimum absolute atomic E-state index is 0.151. The summed E-state index contributed by atoms with van der Waals surface area (Å²) in [5, 5.41) is 23.1. The zero-order valence-corrected chi connectivity index (χ0v) is 18.1. The Bertz CT molecular complexity index is 893. The van der Waals surface area contributed by atoms with Crippen LogP contribution in [-0.2, 0) is 12.8 Å². The molecule has 0 amide bonds. The highest BCUT2D eigenvalue weighted by molar-refractivity contribution is 5.51. The van der Waals surface area contributed by atoms with Gasteiger partial charge in [-0.25, -0.2) is 15.0 Å². The summed E-state index contributed by atoms with van der Waals surface area (Å²) in [6.07, 6.45) is 6.12. The number of aryl methyl sites for hydroxylation is 2. The number of hydrogen-bond donors (Lipinski definition) is 2. The van der Waals surface area contributed by atoms with Crippen LogP contribution in [0.5, 0.6) is 5.88 Å². The highest BCUT2D eigenvalue weighted by atomic mass is 16.5. The van der Waals surface area contributed by atoms with Gasteiger partial charge in [-0.15, -0.1) is 0 Å². The Hall–Kier alpha value is -2.72. The number of hydrogen-bond acceptors (Lipinski definition) is 7. The van der Waals surface area contributed by atoms with E-state index in [4.69, 9.17) is 4.74 Å². The molecule has 0 bridgehead atoms. The lowest BCUT2D eigenvalue weighted by Gasteiger charge is -2.40. The second-order valence-electron chi connectivity index (χ2n) is 8.54. The number of nitrogens with zero attached hydrogens (tertiary/aromatic N) is 4. The molecule has 0 radical (unpaired) electrons. The Morgan fingerprint density at radius 2 is 2.10 bits per heavy atom. The number of pyridine rings is 1. The third-order valence-corrected chi connectivity index (χ3v) is 5.67. The van der Waals surface area contributed by atoms with E-state index >= 15 is 0 Å². The molecular formula is C23H31N5O2. The molecule has 2 N–H and O–H groups in total. The molecule has 0 aliphatic heterocycles. The van der Waals surface area contributed by atoms with Crippen LogP contribution >= 0.6 is 0 Å². The first kappa shape index (κ1) is 22.0. The summed E-state index contributed by atoms with van der Waals surface area (Å²) in [7, 11) is 0. The number of aliphatic hydroxyl groups is 1. The Morgan fingerprint density at radius 3 is 2.83 bits per heavy atom. The predicted octanol–water partition coefficient (Wildman–Crippen LogP) is 3.67. The second kappa shape index (κ2) is 9.86. The van der Waals surface area contributed by atoms with Crippen LogP contribution < -0.4 is 10.1 Å². The second-order valence-corrected chi connectivity index (χ2v) is 8.54. The molecular weight excluding hydrogens is 378 g/mol. The first-order valence-corrected chi connectivity index (χ1v) is 10.7. The van der Waals surface area contributed by atoms with Crippen LogP contribution in [0.15, 0.2) is 24.4 Å². The van der Waals surface area contributed by atoms with E-state index in [2.05, 4.69) is 40.2 Å². The van der Waals surface area contributed by atoms with Crippen molar-refractivity contribution in [3.8, 4) is 11.9 Å². The fourth-order valence-corrected chi connectivity index (χ4v) is 3.92. The number of nitrogens with one attached hydrogen (secondary N) is 1. The van der Waals surface area contributed by atoms with Gasteiger partial charge in [0.1, 0.15) is 23.3 Å². The normalized spacial score (nSPS) is 20.4. The van der Waals surface area contributed by atoms with Gasteiger partial charge in [0.25, 0.3) is 0 Å². The first-order chi connectivity index (χ1) is 14.4. The van der Waals surface area contributed by atoms with Crippen molar-refractivity contribution >= 4 is 5.82 Å². The average molecular weight is 410 g/mol. The zero-order chi connectivity index (χ0) is 21.6. The van der Waals surface area contributed by atoms with Crippen LogP contribution in [0.3, 0.4) is 0 Å². The van der Waals surface area contributed by atoms with Gasteiger partial charge in [0.05, 0.1) is 18.9 Å². The maximum atomic E-state index is 10.2. The third kappa shape index (κ3) is 5.67. The highest BCUT2D eigenvalue weighted by Crippen LogP contribution is 2.36. The largest absolute Gasteiger partial charge is 0.478 e. The van der Waals surface area contributed by atoms with Crippen LogP contribution in [0.25, 0.3) is 0 Å². The van der Waals surface area contributed by atoms with E-state index in [0.29, 0.717) is 36.1 Å². The number of nitriles is 1. The molecule has 30 heavy (non-hydrogen) atoms. The molecule has 0 saturated heterocycles. The molecule has 0 aromatic carbocycles. The average Bonchev–Trinajstić information content (AvgIpc) is 2.71. The fourth-order valence-electron chi connectivity index (χ4n) is 3.92. The SMILES string of the molecule is CCOc1cccc(CCCc2ncc(C#N)c(N[C@@H]3CC[C@H](O)C(C)(C)C3)n2)n1. The van der Waals surface area contributed by atoms with Crippen molar-refractivity contribution in [2.75, 3.05) is 11.9 Å². The van der Waals surface area contributed by atoms with Gasteiger partial charge in [0.15, 0.2) is 0 Å². The Morgan fingerprint density at radius 1 is 1.27 bits per heavy atom. The topological polar surface area (TPSA) is 104 Å². The summed E-state index contributed by atoms with van der Waals surface area (Å²) < 4.78 is 5.46.